The molecule has 1 atom stereocenters. The summed E-state index contributed by atoms with van der Waals surface area (Å²) in [4.78, 5) is 27.3. The highest BCUT2D eigenvalue weighted by atomic mass is 79.9. The van der Waals surface area contributed by atoms with Crippen molar-refractivity contribution in [3.63, 3.8) is 0 Å². The number of esters is 1. The molecule has 1 aromatic heterocycles. The van der Waals surface area contributed by atoms with E-state index in [1.54, 1.807) is 12.1 Å². The van der Waals surface area contributed by atoms with Gasteiger partial charge in [0, 0.05) is 10.7 Å². The lowest BCUT2D eigenvalue weighted by atomic mass is 10.1. The minimum atomic E-state index is -0.618. The van der Waals surface area contributed by atoms with E-state index >= 15 is 0 Å². The molecule has 0 fully saturated rings. The highest BCUT2D eigenvalue weighted by Gasteiger charge is 2.13. The molecule has 0 aliphatic carbocycles. The molecule has 1 aromatic carbocycles. The van der Waals surface area contributed by atoms with Gasteiger partial charge in [-0.15, -0.1) is 0 Å². The highest BCUT2D eigenvalue weighted by molar-refractivity contribution is 9.10. The van der Waals surface area contributed by atoms with Crippen LogP contribution in [0, 0.1) is 0 Å². The molecular weight excluding hydrogens is 348 g/mol. The second-order valence-electron chi connectivity index (χ2n) is 4.63. The van der Waals surface area contributed by atoms with Gasteiger partial charge in [0.05, 0.1) is 6.04 Å². The molecule has 1 N–H and O–H groups in total. The number of hydrogen-bond donors (Lipinski definition) is 1. The lowest BCUT2D eigenvalue weighted by Crippen LogP contribution is -2.31. The van der Waals surface area contributed by atoms with E-state index in [0.717, 1.165) is 10.0 Å². The monoisotopic (exact) mass is 362 g/mol. The number of hydrogen-bond acceptors (Lipinski definition) is 4. The van der Waals surface area contributed by atoms with Crippen LogP contribution in [0.15, 0.2) is 53.1 Å². The Morgan fingerprint density at radius 1 is 1.23 bits per heavy atom. The molecule has 5 nitrogen and oxygen atoms in total. The first-order valence-electron chi connectivity index (χ1n) is 6.69. The average Bonchev–Trinajstić information content (AvgIpc) is 2.54. The fourth-order valence-electron chi connectivity index (χ4n) is 1.81. The number of aromatic nitrogens is 1. The van der Waals surface area contributed by atoms with Gasteiger partial charge in [-0.2, -0.15) is 0 Å². The Morgan fingerprint density at radius 3 is 2.59 bits per heavy atom. The summed E-state index contributed by atoms with van der Waals surface area (Å²) < 4.78 is 5.90. The second-order valence-corrected chi connectivity index (χ2v) is 5.55. The maximum Gasteiger partial charge on any atom is 0.357 e. The summed E-state index contributed by atoms with van der Waals surface area (Å²) in [7, 11) is 0. The second kappa shape index (κ2) is 7.70. The summed E-state index contributed by atoms with van der Waals surface area (Å²) in [5.41, 5.74) is 1.14. The van der Waals surface area contributed by atoms with E-state index in [4.69, 9.17) is 4.74 Å². The van der Waals surface area contributed by atoms with Crippen molar-refractivity contribution in [2.45, 2.75) is 13.0 Å². The molecule has 0 bridgehead atoms. The molecule has 0 saturated carbocycles. The Kier molecular flexibility index (Phi) is 5.66. The zero-order valence-electron chi connectivity index (χ0n) is 12.0. The first-order valence-corrected chi connectivity index (χ1v) is 7.48. The van der Waals surface area contributed by atoms with Gasteiger partial charge in [0.2, 0.25) is 0 Å². The van der Waals surface area contributed by atoms with Gasteiger partial charge in [-0.05, 0) is 36.8 Å². The van der Waals surface area contributed by atoms with E-state index in [0.29, 0.717) is 0 Å². The third-order valence-electron chi connectivity index (χ3n) is 2.96. The number of carbonyl (C=O) groups excluding carboxylic acids is 2. The van der Waals surface area contributed by atoms with E-state index in [9.17, 15) is 9.59 Å². The van der Waals surface area contributed by atoms with Crippen LogP contribution >= 0.6 is 15.9 Å². The third kappa shape index (κ3) is 4.66. The topological polar surface area (TPSA) is 68.3 Å². The summed E-state index contributed by atoms with van der Waals surface area (Å²) >= 11 is 3.36. The van der Waals surface area contributed by atoms with Crippen LogP contribution in [0.3, 0.4) is 0 Å². The fraction of sp³-hybridized carbons (Fsp3) is 0.188. The van der Waals surface area contributed by atoms with Crippen molar-refractivity contribution in [3.05, 3.63) is 64.4 Å². The molecule has 6 heteroatoms. The number of rotatable bonds is 5. The van der Waals surface area contributed by atoms with E-state index < -0.39 is 5.97 Å². The average molecular weight is 363 g/mol. The zero-order valence-corrected chi connectivity index (χ0v) is 13.5. The van der Waals surface area contributed by atoms with Gasteiger partial charge in [0.25, 0.3) is 5.91 Å². The van der Waals surface area contributed by atoms with E-state index in [-0.39, 0.29) is 24.2 Å². The first-order chi connectivity index (χ1) is 10.6. The van der Waals surface area contributed by atoms with E-state index in [1.165, 1.54) is 12.3 Å². The number of pyridine rings is 1. The Labute approximate surface area is 136 Å². The van der Waals surface area contributed by atoms with Crippen LogP contribution in [0.5, 0.6) is 0 Å². The molecule has 0 unspecified atom stereocenters. The van der Waals surface area contributed by atoms with Crippen molar-refractivity contribution in [1.82, 2.24) is 10.3 Å². The number of ether oxygens (including phenoxy) is 1. The van der Waals surface area contributed by atoms with Crippen LogP contribution in [-0.4, -0.2) is 23.5 Å². The van der Waals surface area contributed by atoms with Crippen molar-refractivity contribution in [2.75, 3.05) is 6.61 Å². The number of benzene rings is 1. The molecule has 2 rings (SSSR count). The van der Waals surface area contributed by atoms with Crippen molar-refractivity contribution in [2.24, 2.45) is 0 Å². The van der Waals surface area contributed by atoms with Crippen LogP contribution in [-0.2, 0) is 9.53 Å². The molecule has 22 heavy (non-hydrogen) atoms. The minimum absolute atomic E-state index is 0.172. The molecule has 1 heterocycles. The Hall–Kier alpha value is -2.21. The number of nitrogens with zero attached hydrogens (tertiary/aromatic N) is 1. The Balaban J connectivity index is 1.83. The lowest BCUT2D eigenvalue weighted by Gasteiger charge is -2.14. The highest BCUT2D eigenvalue weighted by Crippen LogP contribution is 2.16. The molecule has 0 saturated heterocycles. The van der Waals surface area contributed by atoms with Gasteiger partial charge in [0.15, 0.2) is 6.61 Å². The van der Waals surface area contributed by atoms with Crippen LogP contribution in [0.2, 0.25) is 0 Å². The van der Waals surface area contributed by atoms with Crippen LogP contribution in [0.25, 0.3) is 0 Å². The predicted molar refractivity (Wildman–Crippen MR) is 85.2 cm³/mol. The van der Waals surface area contributed by atoms with Gasteiger partial charge < -0.3 is 10.1 Å². The Morgan fingerprint density at radius 2 is 1.95 bits per heavy atom. The van der Waals surface area contributed by atoms with E-state index in [1.807, 2.05) is 31.2 Å². The van der Waals surface area contributed by atoms with Gasteiger partial charge in [-0.1, -0.05) is 34.1 Å². The standard InChI is InChI=1S/C16H15BrN2O3/c1-11(12-5-7-13(17)8-6-12)19-15(20)10-22-16(21)14-4-2-3-9-18-14/h2-9,11H,10H2,1H3,(H,19,20)/t11-/m1/s1. The fourth-order valence-corrected chi connectivity index (χ4v) is 2.07. The van der Waals surface area contributed by atoms with Crippen molar-refractivity contribution in [3.8, 4) is 0 Å². The molecule has 0 radical (unpaired) electrons. The first kappa shape index (κ1) is 16.2. The predicted octanol–water partition coefficient (Wildman–Crippen LogP) is 2.88. The lowest BCUT2D eigenvalue weighted by molar-refractivity contribution is -0.124. The molecule has 2 aromatic rings. The van der Waals surface area contributed by atoms with Gasteiger partial charge in [-0.3, -0.25) is 4.79 Å². The zero-order chi connectivity index (χ0) is 15.9. The van der Waals surface area contributed by atoms with Crippen molar-refractivity contribution >= 4 is 27.8 Å². The largest absolute Gasteiger partial charge is 0.451 e. The summed E-state index contributed by atoms with van der Waals surface area (Å²) in [6, 6.07) is 12.4. The van der Waals surface area contributed by atoms with Crippen LogP contribution < -0.4 is 5.32 Å². The summed E-state index contributed by atoms with van der Waals surface area (Å²) in [6.07, 6.45) is 1.49. The SMILES string of the molecule is C[C@@H](NC(=O)COC(=O)c1ccccn1)c1ccc(Br)cc1. The maximum atomic E-state index is 11.8. The van der Waals surface area contributed by atoms with Gasteiger partial charge in [0.1, 0.15) is 5.69 Å². The quantitative estimate of drug-likeness (QED) is 0.830. The molecule has 114 valence electrons. The molecule has 0 spiro atoms. The van der Waals surface area contributed by atoms with Crippen molar-refractivity contribution < 1.29 is 14.3 Å². The summed E-state index contributed by atoms with van der Waals surface area (Å²) in [5.74, 6) is -0.980. The van der Waals surface area contributed by atoms with Crippen molar-refractivity contribution in [1.29, 1.82) is 0 Å². The number of nitrogens with one attached hydrogen (secondary N) is 1. The number of amides is 1. The molecule has 0 aliphatic heterocycles. The van der Waals surface area contributed by atoms with Gasteiger partial charge >= 0.3 is 5.97 Å². The number of halogens is 1. The number of carbonyl (C=O) groups is 2. The Bertz CT molecular complexity index is 644. The maximum absolute atomic E-state index is 11.8. The van der Waals surface area contributed by atoms with Crippen LogP contribution in [0.4, 0.5) is 0 Å². The normalized spacial score (nSPS) is 11.5. The summed E-state index contributed by atoms with van der Waals surface area (Å²) in [5, 5.41) is 2.77. The molecule has 1 amide bonds. The third-order valence-corrected chi connectivity index (χ3v) is 3.48. The van der Waals surface area contributed by atoms with Gasteiger partial charge in [-0.25, -0.2) is 9.78 Å². The summed E-state index contributed by atoms with van der Waals surface area (Å²) in [6.45, 7) is 1.53. The minimum Gasteiger partial charge on any atom is -0.451 e. The molecule has 0 aliphatic rings. The van der Waals surface area contributed by atoms with Crippen LogP contribution in [0.1, 0.15) is 29.0 Å². The molecular formula is C16H15BrN2O3. The van der Waals surface area contributed by atoms with E-state index in [2.05, 4.69) is 26.2 Å². The smallest absolute Gasteiger partial charge is 0.357 e.